The molecule has 378 valence electrons. The third kappa shape index (κ3) is 18.5. The van der Waals surface area contributed by atoms with E-state index >= 15 is 0 Å². The summed E-state index contributed by atoms with van der Waals surface area (Å²) in [6.45, 7) is 22.3. The maximum absolute atomic E-state index is 12.4. The minimum Gasteiger partial charge on any atom is -0.444 e. The van der Waals surface area contributed by atoms with Gasteiger partial charge in [-0.3, -0.25) is 0 Å². The van der Waals surface area contributed by atoms with Crippen molar-refractivity contribution in [1.82, 2.24) is 31.1 Å². The number of carbonyl (C=O) groups excluding carboxylic acids is 2. The van der Waals surface area contributed by atoms with Gasteiger partial charge in [-0.2, -0.15) is 0 Å². The maximum atomic E-state index is 12.4. The van der Waals surface area contributed by atoms with E-state index in [2.05, 4.69) is 140 Å². The van der Waals surface area contributed by atoms with Gasteiger partial charge in [0.15, 0.2) is 0 Å². The number of nitrogens with zero attached hydrogens (tertiary/aromatic N) is 2. The van der Waals surface area contributed by atoms with E-state index in [1.165, 1.54) is 54.2 Å². The van der Waals surface area contributed by atoms with Crippen LogP contribution in [0.15, 0.2) is 109 Å². The van der Waals surface area contributed by atoms with Crippen LogP contribution in [0.5, 0.6) is 0 Å². The Labute approximate surface area is 419 Å². The first kappa shape index (κ1) is 54.1. The molecule has 10 heteroatoms. The molecule has 0 aliphatic rings. The second-order valence-corrected chi connectivity index (χ2v) is 21.0. The van der Waals surface area contributed by atoms with Crippen LogP contribution < -0.4 is 21.3 Å². The van der Waals surface area contributed by atoms with Crippen molar-refractivity contribution in [1.29, 1.82) is 0 Å². The second-order valence-electron chi connectivity index (χ2n) is 21.0. The topological polar surface area (TPSA) is 107 Å². The Morgan fingerprint density at radius 2 is 0.700 bits per heavy atom. The van der Waals surface area contributed by atoms with Gasteiger partial charge in [-0.05, 0) is 212 Å². The number of ether oxygens (including phenoxy) is 2. The highest BCUT2D eigenvalue weighted by Gasteiger charge is 2.17. The summed E-state index contributed by atoms with van der Waals surface area (Å²) in [5.41, 5.74) is 1.74. The van der Waals surface area contributed by atoms with Crippen LogP contribution in [-0.2, 0) is 22.6 Å². The Balaban J connectivity index is 0.950. The fraction of sp³-hybridized carbons (Fsp3) is 0.500. The summed E-state index contributed by atoms with van der Waals surface area (Å²) in [5, 5.41) is 23.9. The Morgan fingerprint density at radius 3 is 1.03 bits per heavy atom. The molecule has 4 N–H and O–H groups in total. The number of hydrogen-bond acceptors (Lipinski definition) is 8. The molecule has 0 aliphatic carbocycles. The van der Waals surface area contributed by atoms with Crippen molar-refractivity contribution in [3.63, 3.8) is 0 Å². The molecule has 0 unspecified atom stereocenters. The van der Waals surface area contributed by atoms with Crippen LogP contribution in [0.4, 0.5) is 9.59 Å². The highest BCUT2D eigenvalue weighted by Crippen LogP contribution is 2.30. The van der Waals surface area contributed by atoms with Crippen LogP contribution in [-0.4, -0.2) is 98.6 Å². The number of carbonyl (C=O) groups is 2. The van der Waals surface area contributed by atoms with Gasteiger partial charge in [0.25, 0.3) is 0 Å². The summed E-state index contributed by atoms with van der Waals surface area (Å²) in [5.74, 6) is 0. The summed E-state index contributed by atoms with van der Waals surface area (Å²) >= 11 is 0. The van der Waals surface area contributed by atoms with Gasteiger partial charge < -0.3 is 40.5 Å². The lowest BCUT2D eigenvalue weighted by molar-refractivity contribution is 0.0513. The highest BCUT2D eigenvalue weighted by molar-refractivity contribution is 6.03. The monoisotopic (exact) mass is 953 g/mol. The fourth-order valence-corrected chi connectivity index (χ4v) is 9.50. The second kappa shape index (κ2) is 28.0. The number of fused-ring (bicyclic) bond motifs is 4. The molecule has 0 saturated carbocycles. The number of rotatable bonds is 29. The molecular weight excluding hydrogens is 869 g/mol. The van der Waals surface area contributed by atoms with Crippen molar-refractivity contribution < 1.29 is 19.1 Å². The third-order valence-corrected chi connectivity index (χ3v) is 12.9. The largest absolute Gasteiger partial charge is 0.444 e. The van der Waals surface area contributed by atoms with Crippen molar-refractivity contribution in [3.05, 3.63) is 120 Å². The minimum absolute atomic E-state index is 0.352. The molecule has 0 aliphatic heterocycles. The maximum Gasteiger partial charge on any atom is 0.407 e. The van der Waals surface area contributed by atoms with E-state index in [1.807, 2.05) is 41.5 Å². The summed E-state index contributed by atoms with van der Waals surface area (Å²) in [4.78, 5) is 29.9. The average molecular weight is 953 g/mol. The van der Waals surface area contributed by atoms with Gasteiger partial charge in [-0.25, -0.2) is 9.59 Å². The van der Waals surface area contributed by atoms with E-state index in [1.54, 1.807) is 0 Å². The zero-order chi connectivity index (χ0) is 49.6. The lowest BCUT2D eigenvalue weighted by Gasteiger charge is -2.25. The van der Waals surface area contributed by atoms with E-state index in [0.29, 0.717) is 13.1 Å². The van der Waals surface area contributed by atoms with Crippen LogP contribution >= 0.6 is 0 Å². The SMILES string of the molecule is CC(C)(C)OC(=O)NCCCN(CCCCCNCc1c2ccccc2cc2ccccc12)CCCCN(CCCCCNCc1c2ccccc2cc2ccccc12)CCCNC(=O)OC(C)(C)C. The standard InChI is InChI=1S/C60H84N6O4/c1-59(2,3)69-57(67)63-35-23-41-65(37-19-7-17-33-61-45-55-51-29-13-9-25-47(51)43-48-26-10-14-30-52(48)55)39-21-22-40-66(42-24-36-64-58(68)70-60(4,5)6)38-20-8-18-34-62-46-56-53-31-15-11-27-49(53)44-50-28-12-16-32-54(50)56/h9-16,25-32,43-44,61-62H,7-8,17-24,33-42,45-46H2,1-6H3,(H,63,67)(H,64,68). The van der Waals surface area contributed by atoms with Crippen molar-refractivity contribution in [2.24, 2.45) is 0 Å². The number of benzene rings is 6. The molecule has 6 aromatic rings. The average Bonchev–Trinajstić information content (AvgIpc) is 3.32. The summed E-state index contributed by atoms with van der Waals surface area (Å²) in [6, 6.07) is 39.5. The van der Waals surface area contributed by atoms with Crippen LogP contribution in [0.1, 0.15) is 117 Å². The van der Waals surface area contributed by atoms with Crippen LogP contribution in [0, 0.1) is 0 Å². The molecule has 0 saturated heterocycles. The van der Waals surface area contributed by atoms with Crippen LogP contribution in [0.2, 0.25) is 0 Å². The number of alkyl carbamates (subject to hydrolysis) is 2. The van der Waals surface area contributed by atoms with E-state index in [4.69, 9.17) is 9.47 Å². The highest BCUT2D eigenvalue weighted by atomic mass is 16.6. The van der Waals surface area contributed by atoms with E-state index < -0.39 is 11.2 Å². The molecule has 0 heterocycles. The number of nitrogens with one attached hydrogen (secondary N) is 4. The van der Waals surface area contributed by atoms with E-state index in [0.717, 1.165) is 130 Å². The summed E-state index contributed by atoms with van der Waals surface area (Å²) in [6.07, 6.45) is 10.1. The smallest absolute Gasteiger partial charge is 0.407 e. The molecular formula is C60H84N6O4. The Morgan fingerprint density at radius 1 is 0.400 bits per heavy atom. The van der Waals surface area contributed by atoms with Gasteiger partial charge in [-0.15, -0.1) is 0 Å². The van der Waals surface area contributed by atoms with E-state index in [-0.39, 0.29) is 12.2 Å². The molecule has 10 nitrogen and oxygen atoms in total. The van der Waals surface area contributed by atoms with Gasteiger partial charge in [-0.1, -0.05) is 110 Å². The molecule has 0 atom stereocenters. The molecule has 6 rings (SSSR count). The first-order chi connectivity index (χ1) is 33.8. The molecule has 2 amide bonds. The van der Waals surface area contributed by atoms with Gasteiger partial charge in [0, 0.05) is 26.2 Å². The number of unbranched alkanes of at least 4 members (excludes halogenated alkanes) is 5. The van der Waals surface area contributed by atoms with Crippen molar-refractivity contribution in [2.45, 2.75) is 130 Å². The quantitative estimate of drug-likeness (QED) is 0.0272. The number of amides is 2. The lowest BCUT2D eigenvalue weighted by Crippen LogP contribution is -2.35. The zero-order valence-corrected chi connectivity index (χ0v) is 43.5. The predicted molar refractivity (Wildman–Crippen MR) is 294 cm³/mol. The van der Waals surface area contributed by atoms with E-state index in [9.17, 15) is 9.59 Å². The molecule has 0 aromatic heterocycles. The van der Waals surface area contributed by atoms with Crippen LogP contribution in [0.25, 0.3) is 43.1 Å². The Bertz CT molecular complexity index is 2250. The third-order valence-electron chi connectivity index (χ3n) is 12.9. The van der Waals surface area contributed by atoms with Crippen molar-refractivity contribution in [2.75, 3.05) is 65.4 Å². The van der Waals surface area contributed by atoms with Crippen molar-refractivity contribution >= 4 is 55.3 Å². The molecule has 70 heavy (non-hydrogen) atoms. The zero-order valence-electron chi connectivity index (χ0n) is 43.5. The summed E-state index contributed by atoms with van der Waals surface area (Å²) in [7, 11) is 0. The van der Waals surface area contributed by atoms with Gasteiger partial charge in [0.1, 0.15) is 11.2 Å². The van der Waals surface area contributed by atoms with Crippen molar-refractivity contribution in [3.8, 4) is 0 Å². The predicted octanol–water partition coefficient (Wildman–Crippen LogP) is 12.7. The molecule has 0 radical (unpaired) electrons. The Kier molecular flexibility index (Phi) is 21.6. The number of hydrogen-bond donors (Lipinski definition) is 4. The fourth-order valence-electron chi connectivity index (χ4n) is 9.50. The van der Waals surface area contributed by atoms with Gasteiger partial charge >= 0.3 is 12.2 Å². The van der Waals surface area contributed by atoms with Crippen LogP contribution in [0.3, 0.4) is 0 Å². The molecule has 0 bridgehead atoms. The minimum atomic E-state index is -0.512. The first-order valence-corrected chi connectivity index (χ1v) is 26.4. The van der Waals surface area contributed by atoms with Gasteiger partial charge in [0.2, 0.25) is 0 Å². The lowest BCUT2D eigenvalue weighted by atomic mass is 9.97. The molecule has 0 fully saturated rings. The van der Waals surface area contributed by atoms with Gasteiger partial charge in [0.05, 0.1) is 0 Å². The Hall–Kier alpha value is -5.26. The normalized spacial score (nSPS) is 12.2. The molecule has 0 spiro atoms. The molecule has 6 aromatic carbocycles. The first-order valence-electron chi connectivity index (χ1n) is 26.4. The summed E-state index contributed by atoms with van der Waals surface area (Å²) < 4.78 is 11.0.